The Morgan fingerprint density at radius 2 is 1.13 bits per heavy atom. The van der Waals surface area contributed by atoms with E-state index in [1.54, 1.807) is 62.3 Å². The molecule has 9 nitrogen and oxygen atoms in total. The van der Waals surface area contributed by atoms with E-state index in [1.807, 2.05) is 0 Å². The van der Waals surface area contributed by atoms with E-state index < -0.39 is 64.9 Å². The number of ether oxygens (including phenoxy) is 4. The van der Waals surface area contributed by atoms with Crippen LogP contribution in [0.2, 0.25) is 0 Å². The lowest BCUT2D eigenvalue weighted by Gasteiger charge is -2.42. The predicted octanol–water partition coefficient (Wildman–Crippen LogP) is 1.57. The highest BCUT2D eigenvalue weighted by atomic mass is 16.7. The van der Waals surface area contributed by atoms with Crippen LogP contribution in [0.4, 0.5) is 0 Å². The summed E-state index contributed by atoms with van der Waals surface area (Å²) in [6.45, 7) is 14.3. The number of aliphatic hydroxyl groups is 2. The summed E-state index contributed by atoms with van der Waals surface area (Å²) >= 11 is 0. The second kappa shape index (κ2) is 9.20. The van der Waals surface area contributed by atoms with Crippen molar-refractivity contribution in [2.75, 3.05) is 6.61 Å². The molecule has 1 aliphatic rings. The third kappa shape index (κ3) is 6.92. The number of aliphatic hydroxyl groups excluding tert-OH is 2. The molecular weight excluding hydrogens is 396 g/mol. The number of carbonyl (C=O) groups excluding carboxylic acids is 3. The van der Waals surface area contributed by atoms with Gasteiger partial charge in [-0.2, -0.15) is 0 Å². The monoisotopic (exact) mass is 432 g/mol. The Kier molecular flexibility index (Phi) is 8.07. The molecule has 1 fully saturated rings. The van der Waals surface area contributed by atoms with E-state index in [1.165, 1.54) is 0 Å². The SMILES string of the molecule is CC(C)(C)C(=O)OC[C@H]1O[C@H](O)[C@H](OC(=O)C(C)(C)C)[C@@H](OC(=O)C(C)(C)C)[C@@H]1O. The molecule has 174 valence electrons. The van der Waals surface area contributed by atoms with E-state index in [9.17, 15) is 24.6 Å². The van der Waals surface area contributed by atoms with E-state index in [4.69, 9.17) is 18.9 Å². The molecule has 1 rings (SSSR count). The second-order valence-corrected chi connectivity index (χ2v) is 10.6. The molecule has 1 heterocycles. The highest BCUT2D eigenvalue weighted by molar-refractivity contribution is 5.77. The Labute approximate surface area is 178 Å². The standard InChI is InChI=1S/C21H36O9/c1-19(2,3)16(24)27-10-11-12(22)13(29-17(25)20(4,5)6)14(15(23)28-11)30-18(26)21(7,8)9/h11-15,22-23H,10H2,1-9H3/t11-,12-,13+,14-,15+/m1/s1. The van der Waals surface area contributed by atoms with Gasteiger partial charge in [0.2, 0.25) is 0 Å². The van der Waals surface area contributed by atoms with Gasteiger partial charge < -0.3 is 29.2 Å². The molecule has 0 spiro atoms. The summed E-state index contributed by atoms with van der Waals surface area (Å²) in [5.41, 5.74) is -2.58. The van der Waals surface area contributed by atoms with Crippen LogP contribution >= 0.6 is 0 Å². The largest absolute Gasteiger partial charge is 0.462 e. The summed E-state index contributed by atoms with van der Waals surface area (Å²) in [7, 11) is 0. The minimum absolute atomic E-state index is 0.377. The lowest BCUT2D eigenvalue weighted by molar-refractivity contribution is -0.297. The topological polar surface area (TPSA) is 129 Å². The molecular formula is C21H36O9. The molecule has 0 aromatic rings. The quantitative estimate of drug-likeness (QED) is 0.502. The van der Waals surface area contributed by atoms with Gasteiger partial charge in [-0.25, -0.2) is 0 Å². The molecule has 0 aliphatic carbocycles. The molecule has 0 saturated carbocycles. The smallest absolute Gasteiger partial charge is 0.311 e. The fourth-order valence-electron chi connectivity index (χ4n) is 2.28. The number of carbonyl (C=O) groups is 3. The molecule has 0 unspecified atom stereocenters. The van der Waals surface area contributed by atoms with Gasteiger partial charge in [-0.3, -0.25) is 14.4 Å². The van der Waals surface area contributed by atoms with E-state index in [2.05, 4.69) is 0 Å². The van der Waals surface area contributed by atoms with Crippen LogP contribution in [0.1, 0.15) is 62.3 Å². The van der Waals surface area contributed by atoms with Crippen LogP contribution in [0.15, 0.2) is 0 Å². The zero-order valence-electron chi connectivity index (χ0n) is 19.3. The van der Waals surface area contributed by atoms with E-state index in [0.29, 0.717) is 0 Å². The van der Waals surface area contributed by atoms with Gasteiger partial charge in [0, 0.05) is 0 Å². The zero-order valence-corrected chi connectivity index (χ0v) is 19.3. The average molecular weight is 433 g/mol. The van der Waals surface area contributed by atoms with Crippen molar-refractivity contribution in [3.8, 4) is 0 Å². The first-order valence-electron chi connectivity index (χ1n) is 9.96. The van der Waals surface area contributed by atoms with Gasteiger partial charge in [0.1, 0.15) is 18.8 Å². The first-order valence-corrected chi connectivity index (χ1v) is 9.96. The van der Waals surface area contributed by atoms with Crippen molar-refractivity contribution in [1.82, 2.24) is 0 Å². The number of hydrogen-bond donors (Lipinski definition) is 2. The summed E-state index contributed by atoms with van der Waals surface area (Å²) in [5, 5.41) is 21.2. The normalized spacial score (nSPS) is 27.9. The van der Waals surface area contributed by atoms with Crippen molar-refractivity contribution < 1.29 is 43.5 Å². The van der Waals surface area contributed by atoms with E-state index in [-0.39, 0.29) is 6.61 Å². The van der Waals surface area contributed by atoms with Gasteiger partial charge in [0.05, 0.1) is 16.2 Å². The van der Waals surface area contributed by atoms with Crippen LogP contribution in [0.5, 0.6) is 0 Å². The molecule has 0 amide bonds. The first-order chi connectivity index (χ1) is 13.4. The second-order valence-electron chi connectivity index (χ2n) is 10.6. The fraction of sp³-hybridized carbons (Fsp3) is 0.857. The van der Waals surface area contributed by atoms with Gasteiger partial charge >= 0.3 is 17.9 Å². The van der Waals surface area contributed by atoms with Crippen molar-refractivity contribution in [1.29, 1.82) is 0 Å². The minimum Gasteiger partial charge on any atom is -0.462 e. The third-order valence-electron chi connectivity index (χ3n) is 4.34. The molecule has 2 N–H and O–H groups in total. The summed E-state index contributed by atoms with van der Waals surface area (Å²) in [6.07, 6.45) is -7.26. The highest BCUT2D eigenvalue weighted by Gasteiger charge is 2.51. The van der Waals surface area contributed by atoms with E-state index in [0.717, 1.165) is 0 Å². The average Bonchev–Trinajstić information content (AvgIpc) is 2.56. The Hall–Kier alpha value is -1.71. The van der Waals surface area contributed by atoms with Crippen molar-refractivity contribution >= 4 is 17.9 Å². The maximum absolute atomic E-state index is 12.4. The molecule has 1 saturated heterocycles. The first kappa shape index (κ1) is 26.3. The predicted molar refractivity (Wildman–Crippen MR) is 106 cm³/mol. The van der Waals surface area contributed by atoms with Crippen molar-refractivity contribution in [3.05, 3.63) is 0 Å². The van der Waals surface area contributed by atoms with Gasteiger partial charge in [-0.1, -0.05) is 0 Å². The molecule has 0 aromatic carbocycles. The van der Waals surface area contributed by atoms with Gasteiger partial charge in [0.25, 0.3) is 0 Å². The van der Waals surface area contributed by atoms with Crippen molar-refractivity contribution in [2.24, 2.45) is 16.2 Å². The highest BCUT2D eigenvalue weighted by Crippen LogP contribution is 2.30. The van der Waals surface area contributed by atoms with Crippen LogP contribution in [0, 0.1) is 16.2 Å². The molecule has 30 heavy (non-hydrogen) atoms. The minimum atomic E-state index is -1.70. The van der Waals surface area contributed by atoms with Crippen molar-refractivity contribution in [3.63, 3.8) is 0 Å². The summed E-state index contributed by atoms with van der Waals surface area (Å²) in [6, 6.07) is 0. The fourth-order valence-corrected chi connectivity index (χ4v) is 2.28. The Morgan fingerprint density at radius 3 is 1.53 bits per heavy atom. The van der Waals surface area contributed by atoms with Crippen LogP contribution in [-0.2, 0) is 33.3 Å². The van der Waals surface area contributed by atoms with Gasteiger partial charge in [-0.05, 0) is 62.3 Å². The molecule has 1 aliphatic heterocycles. The van der Waals surface area contributed by atoms with Gasteiger partial charge in [-0.15, -0.1) is 0 Å². The van der Waals surface area contributed by atoms with Crippen LogP contribution in [-0.4, -0.2) is 65.4 Å². The molecule has 0 radical (unpaired) electrons. The lowest BCUT2D eigenvalue weighted by Crippen LogP contribution is -2.62. The maximum atomic E-state index is 12.4. The summed E-state index contributed by atoms with van der Waals surface area (Å²) < 4.78 is 21.3. The van der Waals surface area contributed by atoms with Gasteiger partial charge in [0.15, 0.2) is 18.5 Å². The van der Waals surface area contributed by atoms with Crippen LogP contribution in [0.3, 0.4) is 0 Å². The summed E-state index contributed by atoms with van der Waals surface area (Å²) in [4.78, 5) is 36.8. The van der Waals surface area contributed by atoms with Crippen molar-refractivity contribution in [2.45, 2.75) is 93.0 Å². The third-order valence-corrected chi connectivity index (χ3v) is 4.34. The maximum Gasteiger partial charge on any atom is 0.311 e. The summed E-state index contributed by atoms with van der Waals surface area (Å²) in [5.74, 6) is -1.86. The molecule has 0 aromatic heterocycles. The molecule has 0 bridgehead atoms. The number of rotatable bonds is 4. The van der Waals surface area contributed by atoms with Crippen LogP contribution < -0.4 is 0 Å². The lowest BCUT2D eigenvalue weighted by atomic mass is 9.94. The van der Waals surface area contributed by atoms with Crippen LogP contribution in [0.25, 0.3) is 0 Å². The zero-order chi connectivity index (χ0) is 23.7. The number of esters is 3. The molecule has 9 heteroatoms. The Bertz CT molecular complexity index is 636. The Balaban J connectivity index is 3.09. The number of hydrogen-bond acceptors (Lipinski definition) is 9. The van der Waals surface area contributed by atoms with E-state index >= 15 is 0 Å². The molecule has 5 atom stereocenters. The Morgan fingerprint density at radius 1 is 0.733 bits per heavy atom.